The van der Waals surface area contributed by atoms with Gasteiger partial charge in [-0.15, -0.1) is 56.7 Å². The molecule has 0 aliphatic carbocycles. The maximum absolute atomic E-state index is 12.9. The molecule has 10 aromatic carbocycles. The average Bonchev–Trinajstić information content (AvgIpc) is 1.68. The normalized spacial score (nSPS) is 10.5. The number of ketones is 5. The van der Waals surface area contributed by atoms with E-state index in [4.69, 9.17) is 0 Å². The molecule has 0 spiro atoms. The number of halogens is 3. The molecule has 0 fully saturated rings. The van der Waals surface area contributed by atoms with Gasteiger partial charge in [0, 0.05) is 137 Å². The highest BCUT2D eigenvalue weighted by molar-refractivity contribution is 9.11. The van der Waals surface area contributed by atoms with Crippen LogP contribution in [-0.4, -0.2) is 96.4 Å². The highest BCUT2D eigenvalue weighted by atomic mass is 79.9. The molecular weight excluding hydrogens is 1820 g/mol. The predicted octanol–water partition coefficient (Wildman–Crippen LogP) is 30.4. The van der Waals surface area contributed by atoms with E-state index in [2.05, 4.69) is 181 Å². The van der Waals surface area contributed by atoms with Crippen molar-refractivity contribution in [1.82, 2.24) is 0 Å². The van der Waals surface area contributed by atoms with E-state index >= 15 is 0 Å². The van der Waals surface area contributed by atoms with Gasteiger partial charge in [-0.3, -0.25) is 24.0 Å². The van der Waals surface area contributed by atoms with Crippen LogP contribution in [0.2, 0.25) is 0 Å². The first-order valence-electron chi connectivity index (χ1n) is 40.6. The van der Waals surface area contributed by atoms with Gasteiger partial charge in [-0.2, -0.15) is 0 Å². The van der Waals surface area contributed by atoms with Gasteiger partial charge in [-0.05, 0) is 157 Å². The number of thiophene rings is 5. The zero-order chi connectivity index (χ0) is 87.1. The van der Waals surface area contributed by atoms with E-state index in [1.54, 1.807) is 34.0 Å². The van der Waals surface area contributed by atoms with E-state index in [9.17, 15) is 24.0 Å². The Hall–Kier alpha value is -10.5. The zero-order valence-electron chi connectivity index (χ0n) is 71.0. The van der Waals surface area contributed by atoms with E-state index in [1.807, 2.05) is 279 Å². The Morgan fingerprint density at radius 3 is 0.621 bits per heavy atom. The molecule has 15 rings (SSSR count). The lowest BCUT2D eigenvalue weighted by Crippen LogP contribution is -2.21. The largest absolute Gasteiger partial charge is 0.369 e. The maximum Gasteiger partial charge on any atom is 0.203 e. The summed E-state index contributed by atoms with van der Waals surface area (Å²) in [6.07, 6.45) is 0. The van der Waals surface area contributed by atoms with Crippen LogP contribution in [0.1, 0.15) is 149 Å². The number of carbonyl (C=O) groups is 5. The van der Waals surface area contributed by atoms with Gasteiger partial charge in [0.15, 0.2) is 0 Å². The molecule has 0 radical (unpaired) electrons. The van der Waals surface area contributed by atoms with Crippen molar-refractivity contribution in [2.75, 3.05) is 92.0 Å². The summed E-state index contributed by atoms with van der Waals surface area (Å²) < 4.78 is 3.14. The van der Waals surface area contributed by atoms with E-state index in [0.717, 1.165) is 192 Å². The van der Waals surface area contributed by atoms with Crippen molar-refractivity contribution in [3.63, 3.8) is 0 Å². The van der Waals surface area contributed by atoms with E-state index in [1.165, 1.54) is 32.7 Å². The van der Waals surface area contributed by atoms with Crippen molar-refractivity contribution >= 4 is 158 Å². The molecule has 0 aliphatic rings. The van der Waals surface area contributed by atoms with Crippen LogP contribution < -0.4 is 24.5 Å². The van der Waals surface area contributed by atoms with Crippen LogP contribution >= 0.6 is 104 Å². The van der Waals surface area contributed by atoms with Crippen LogP contribution in [0.15, 0.2) is 311 Å². The van der Waals surface area contributed by atoms with Gasteiger partial charge in [0.2, 0.25) is 28.9 Å². The Balaban J connectivity index is 0.000000175. The molecule has 638 valence electrons. The van der Waals surface area contributed by atoms with Gasteiger partial charge in [-0.25, -0.2) is 0 Å². The van der Waals surface area contributed by atoms with Gasteiger partial charge >= 0.3 is 0 Å². The lowest BCUT2D eigenvalue weighted by atomic mass is 10.0. The van der Waals surface area contributed by atoms with Gasteiger partial charge in [0.1, 0.15) is 0 Å². The summed E-state index contributed by atoms with van der Waals surface area (Å²) in [5.41, 5.74) is 18.4. The lowest BCUT2D eigenvalue weighted by molar-refractivity contribution is 0.103. The molecule has 0 atom stereocenters. The molecule has 5 aromatic heterocycles. The number of nitrogens with zero attached hydrogens (tertiary/aromatic N) is 5. The Morgan fingerprint density at radius 1 is 0.242 bits per heavy atom. The third-order valence-corrected chi connectivity index (χ3v) is 28.1. The molecule has 18 heteroatoms. The minimum absolute atomic E-state index is 0. The Kier molecular flexibility index (Phi) is 36.9. The van der Waals surface area contributed by atoms with E-state index < -0.39 is 0 Å². The molecule has 15 aromatic rings. The van der Waals surface area contributed by atoms with Crippen LogP contribution in [0.3, 0.4) is 0 Å². The zero-order valence-corrected chi connectivity index (χ0v) is 79.8. The van der Waals surface area contributed by atoms with Crippen LogP contribution in [0.25, 0.3) is 55.6 Å². The van der Waals surface area contributed by atoms with E-state index in [-0.39, 0.29) is 43.8 Å². The summed E-state index contributed by atoms with van der Waals surface area (Å²) in [4.78, 5) is 79.3. The summed E-state index contributed by atoms with van der Waals surface area (Å²) in [5.74, 6) is 0.428. The average molecular weight is 1930 g/mol. The van der Waals surface area contributed by atoms with Crippen LogP contribution in [0.5, 0.6) is 0 Å². The van der Waals surface area contributed by atoms with Crippen molar-refractivity contribution in [1.29, 1.82) is 0 Å². The molecule has 10 nitrogen and oxygen atoms in total. The highest BCUT2D eigenvalue weighted by Gasteiger charge is 2.26. The number of aryl methyl sites for hydroxylation is 3. The fraction of sp³-hybridized carbons (Fsp3) is 0.198. The third-order valence-electron chi connectivity index (χ3n) is 20.3. The molecule has 5 heterocycles. The van der Waals surface area contributed by atoms with E-state index in [0.29, 0.717) is 0 Å². The minimum Gasteiger partial charge on any atom is -0.369 e. The second-order valence-corrected chi connectivity index (χ2v) is 37.1. The molecule has 0 N–H and O–H groups in total. The first-order chi connectivity index (χ1) is 58.9. The van der Waals surface area contributed by atoms with Gasteiger partial charge in [0.05, 0.1) is 49.4 Å². The smallest absolute Gasteiger partial charge is 0.203 e. The van der Waals surface area contributed by atoms with Gasteiger partial charge in [0.25, 0.3) is 0 Å². The second-order valence-electron chi connectivity index (χ2n) is 29.2. The molecule has 0 aliphatic heterocycles. The fourth-order valence-corrected chi connectivity index (χ4v) is 20.3. The SMILES string of the molecule is C.C.CCN(CC)c1sc(C(=O)c2ccc(C)cc2)cc1-c1ccccc1.CCN(CC)c1sc(C(=O)c2ccccc2)cc1-c1ccc(Br)cc1.CCN(CC)c1sc(C(=O)c2ccccc2)cc1-c1ccccc1.Cc1ccc(C(=O)c2cc(-c3ccc(Br)cc3)c(N(C)C)s2)cc1.Cc1ccc(C(=O)c2cc(-c3ccc(Br)cc3)c(N(C)C)s2)cc1. The predicted molar refractivity (Wildman–Crippen MR) is 548 cm³/mol. The van der Waals surface area contributed by atoms with Gasteiger partial charge in [-0.1, -0.05) is 310 Å². The fourth-order valence-electron chi connectivity index (χ4n) is 13.5. The first kappa shape index (κ1) is 97.3. The van der Waals surface area contributed by atoms with Crippen molar-refractivity contribution in [2.24, 2.45) is 0 Å². The summed E-state index contributed by atoms with van der Waals surface area (Å²) in [7, 11) is 8.03. The summed E-state index contributed by atoms with van der Waals surface area (Å²) in [5, 5.41) is 5.68. The number of hydrogen-bond acceptors (Lipinski definition) is 15. The quantitative estimate of drug-likeness (QED) is 0.0487. The highest BCUT2D eigenvalue weighted by Crippen LogP contribution is 2.45. The maximum atomic E-state index is 12.9. The Labute approximate surface area is 779 Å². The summed E-state index contributed by atoms with van der Waals surface area (Å²) in [6, 6.07) is 97.7. The minimum atomic E-state index is 0. The molecule has 0 bridgehead atoms. The van der Waals surface area contributed by atoms with Crippen molar-refractivity contribution in [3.8, 4) is 55.6 Å². The number of carbonyl (C=O) groups excluding carboxylic acids is 5. The van der Waals surface area contributed by atoms with Gasteiger partial charge < -0.3 is 24.5 Å². The third kappa shape index (κ3) is 25.0. The van der Waals surface area contributed by atoms with Crippen molar-refractivity contribution < 1.29 is 24.0 Å². The monoisotopic (exact) mass is 1930 g/mol. The molecule has 0 unspecified atom stereocenters. The number of hydrogen-bond donors (Lipinski definition) is 0. The summed E-state index contributed by atoms with van der Waals surface area (Å²) in [6.45, 7) is 24.5. The standard InChI is InChI=1S/C22H23NOS.C21H20BrNOS.C21H21NOS.2C20H18BrNOS.2CH4/c1-4-23(5-2)22-19(17-9-7-6-8-10-17)15-20(25-22)21(24)18-13-11-16(3)12-14-18;1-3-23(4-2)21-18(15-10-12-17(22)13-11-15)14-19(25-21)20(24)16-8-6-5-7-9-16;1-3-22(4-2)21-18(16-11-7-5-8-12-16)15-19(24-21)20(23)17-13-9-6-10-14-17;2*1-13-4-6-15(7-5-13)19(23)18-12-17(20(24-18)22(2)3)14-8-10-16(21)11-9-14;;/h6-15H,4-5H2,1-3H3;5-14H,3-4H2,1-2H3;5-15H,3-4H2,1-2H3;2*4-12H,1-3H3;2*1H4. The van der Waals surface area contributed by atoms with Crippen LogP contribution in [0.4, 0.5) is 25.0 Å². The van der Waals surface area contributed by atoms with Crippen LogP contribution in [0, 0.1) is 20.8 Å². The van der Waals surface area contributed by atoms with Crippen molar-refractivity contribution in [2.45, 2.75) is 77.2 Å². The molecule has 124 heavy (non-hydrogen) atoms. The summed E-state index contributed by atoms with van der Waals surface area (Å²) >= 11 is 18.3. The topological polar surface area (TPSA) is 102 Å². The molecule has 0 saturated carbocycles. The first-order valence-corrected chi connectivity index (χ1v) is 47.1. The molecule has 0 saturated heterocycles. The lowest BCUT2D eigenvalue weighted by Gasteiger charge is -2.20. The Morgan fingerprint density at radius 2 is 0.419 bits per heavy atom. The number of anilines is 5. The molecular formula is C106H108Br3N5O5S5. The second kappa shape index (κ2) is 47.0. The molecule has 0 amide bonds. The Bertz CT molecular complexity index is 5790. The number of rotatable bonds is 26. The van der Waals surface area contributed by atoms with Crippen molar-refractivity contribution in [3.05, 3.63) is 380 Å². The number of benzene rings is 10. The van der Waals surface area contributed by atoms with Crippen LogP contribution in [-0.2, 0) is 0 Å².